The number of carbonyl (C=O) groups is 1. The van der Waals surface area contributed by atoms with Gasteiger partial charge in [0.15, 0.2) is 0 Å². The Balaban J connectivity index is 1.77. The lowest BCUT2D eigenvalue weighted by atomic mass is 9.69. The second kappa shape index (κ2) is 7.69. The van der Waals surface area contributed by atoms with Gasteiger partial charge in [0.1, 0.15) is 11.5 Å². The number of hydrogen-bond donors (Lipinski definition) is 0. The van der Waals surface area contributed by atoms with Crippen LogP contribution in [0, 0.1) is 17.8 Å². The molecular weight excluding hydrogens is 298 g/mol. The highest BCUT2D eigenvalue weighted by atomic mass is 16.5. The zero-order valence-corrected chi connectivity index (χ0v) is 15.3. The van der Waals surface area contributed by atoms with E-state index in [1.54, 1.807) is 7.11 Å². The average molecular weight is 329 g/mol. The van der Waals surface area contributed by atoms with E-state index in [0.29, 0.717) is 29.6 Å². The molecule has 2 fully saturated rings. The first-order chi connectivity index (χ1) is 11.6. The topological polar surface area (TPSA) is 29.5 Å². The minimum Gasteiger partial charge on any atom is -0.497 e. The van der Waals surface area contributed by atoms with Crippen LogP contribution in [0.2, 0.25) is 0 Å². The Labute approximate surface area is 146 Å². The number of likely N-dealkylation sites (tertiary alicyclic amines) is 1. The van der Waals surface area contributed by atoms with Gasteiger partial charge in [0, 0.05) is 25.4 Å². The quantitative estimate of drug-likeness (QED) is 0.819. The normalized spacial score (nSPS) is 28.0. The molecule has 0 radical (unpaired) electrons. The van der Waals surface area contributed by atoms with E-state index in [1.165, 1.54) is 12.0 Å². The van der Waals surface area contributed by atoms with Crippen LogP contribution in [0.3, 0.4) is 0 Å². The van der Waals surface area contributed by atoms with Crippen LogP contribution in [-0.2, 0) is 11.2 Å². The molecule has 1 aromatic carbocycles. The Morgan fingerprint density at radius 3 is 2.62 bits per heavy atom. The Morgan fingerprint density at radius 1 is 1.21 bits per heavy atom. The van der Waals surface area contributed by atoms with Gasteiger partial charge < -0.3 is 4.74 Å². The molecule has 2 aliphatic rings. The summed E-state index contributed by atoms with van der Waals surface area (Å²) in [6.45, 7) is 6.92. The second-order valence-corrected chi connectivity index (χ2v) is 8.00. The molecule has 24 heavy (non-hydrogen) atoms. The van der Waals surface area contributed by atoms with Gasteiger partial charge in [0.05, 0.1) is 7.11 Å². The summed E-state index contributed by atoms with van der Waals surface area (Å²) in [4.78, 5) is 14.6. The first kappa shape index (κ1) is 17.5. The summed E-state index contributed by atoms with van der Waals surface area (Å²) in [7, 11) is 1.71. The maximum atomic E-state index is 11.9. The van der Waals surface area contributed by atoms with Crippen molar-refractivity contribution in [2.75, 3.05) is 20.2 Å². The number of Topliss-reactive ketones (excluding diaryl/α,β-unsaturated/α-hetero) is 1. The molecule has 0 spiro atoms. The number of rotatable bonds is 5. The standard InChI is InChI=1S/C21H31NO2/c1-15(2)14-22-11-10-17-13-18(23)6-9-20(17)21(22)12-16-4-7-19(24-3)8-5-16/h4-5,7-8,15,17,20-21H,6,9-14H2,1-3H3/t17?,20?,21-/m1/s1. The summed E-state index contributed by atoms with van der Waals surface area (Å²) in [6.07, 6.45) is 4.97. The third-order valence-corrected chi connectivity index (χ3v) is 5.81. The van der Waals surface area contributed by atoms with Crippen LogP contribution in [-0.4, -0.2) is 36.9 Å². The van der Waals surface area contributed by atoms with Crippen molar-refractivity contribution in [3.05, 3.63) is 29.8 Å². The maximum absolute atomic E-state index is 11.9. The van der Waals surface area contributed by atoms with Crippen LogP contribution in [0.4, 0.5) is 0 Å². The highest BCUT2D eigenvalue weighted by Gasteiger charge is 2.40. The Kier molecular flexibility index (Phi) is 5.60. The van der Waals surface area contributed by atoms with E-state index < -0.39 is 0 Å². The van der Waals surface area contributed by atoms with Crippen molar-refractivity contribution in [1.29, 1.82) is 0 Å². The Hall–Kier alpha value is -1.35. The van der Waals surface area contributed by atoms with Gasteiger partial charge in [-0.05, 0) is 61.3 Å². The molecular formula is C21H31NO2. The molecule has 0 aromatic heterocycles. The summed E-state index contributed by atoms with van der Waals surface area (Å²) in [5.41, 5.74) is 1.38. The highest BCUT2D eigenvalue weighted by Crippen LogP contribution is 2.40. The summed E-state index contributed by atoms with van der Waals surface area (Å²) in [5, 5.41) is 0. The molecule has 2 unspecified atom stereocenters. The number of ketones is 1. The molecule has 0 amide bonds. The van der Waals surface area contributed by atoms with Crippen molar-refractivity contribution in [2.45, 2.75) is 52.0 Å². The molecule has 1 heterocycles. The van der Waals surface area contributed by atoms with Gasteiger partial charge in [-0.3, -0.25) is 9.69 Å². The third kappa shape index (κ3) is 4.00. The first-order valence-electron chi connectivity index (χ1n) is 9.45. The molecule has 0 N–H and O–H groups in total. The highest BCUT2D eigenvalue weighted by molar-refractivity contribution is 5.79. The molecule has 1 aliphatic heterocycles. The van der Waals surface area contributed by atoms with Gasteiger partial charge in [-0.25, -0.2) is 0 Å². The molecule has 1 saturated heterocycles. The van der Waals surface area contributed by atoms with E-state index in [-0.39, 0.29) is 0 Å². The van der Waals surface area contributed by atoms with E-state index in [2.05, 4.69) is 43.0 Å². The van der Waals surface area contributed by atoms with Crippen LogP contribution in [0.25, 0.3) is 0 Å². The SMILES string of the molecule is COc1ccc(C[C@@H]2C3CCC(=O)CC3CCN2CC(C)C)cc1. The molecule has 132 valence electrons. The zero-order valence-electron chi connectivity index (χ0n) is 15.3. The fraction of sp³-hybridized carbons (Fsp3) is 0.667. The minimum atomic E-state index is 0.483. The fourth-order valence-electron chi connectivity index (χ4n) is 4.68. The minimum absolute atomic E-state index is 0.483. The van der Waals surface area contributed by atoms with E-state index in [4.69, 9.17) is 4.74 Å². The number of piperidine rings is 1. The summed E-state index contributed by atoms with van der Waals surface area (Å²) in [5.74, 6) is 3.37. The lowest BCUT2D eigenvalue weighted by Gasteiger charge is -2.48. The van der Waals surface area contributed by atoms with Crippen molar-refractivity contribution in [1.82, 2.24) is 4.90 Å². The van der Waals surface area contributed by atoms with Crippen molar-refractivity contribution >= 4 is 5.78 Å². The Bertz CT molecular complexity index is 551. The Morgan fingerprint density at radius 2 is 1.96 bits per heavy atom. The number of benzene rings is 1. The van der Waals surface area contributed by atoms with Crippen LogP contribution >= 0.6 is 0 Å². The van der Waals surface area contributed by atoms with Crippen LogP contribution in [0.1, 0.15) is 45.1 Å². The van der Waals surface area contributed by atoms with Gasteiger partial charge >= 0.3 is 0 Å². The monoisotopic (exact) mass is 329 g/mol. The predicted molar refractivity (Wildman–Crippen MR) is 97.4 cm³/mol. The molecule has 1 aromatic rings. The zero-order chi connectivity index (χ0) is 17.1. The number of ether oxygens (including phenoxy) is 1. The van der Waals surface area contributed by atoms with Crippen LogP contribution in [0.15, 0.2) is 24.3 Å². The van der Waals surface area contributed by atoms with Crippen LogP contribution in [0.5, 0.6) is 5.75 Å². The number of carbonyl (C=O) groups excluding carboxylic acids is 1. The van der Waals surface area contributed by atoms with E-state index in [1.807, 2.05) is 0 Å². The first-order valence-corrected chi connectivity index (χ1v) is 9.45. The fourth-order valence-corrected chi connectivity index (χ4v) is 4.68. The lowest BCUT2D eigenvalue weighted by molar-refractivity contribution is -0.125. The lowest BCUT2D eigenvalue weighted by Crippen LogP contribution is -2.52. The van der Waals surface area contributed by atoms with Gasteiger partial charge in [-0.15, -0.1) is 0 Å². The molecule has 1 saturated carbocycles. The summed E-state index contributed by atoms with van der Waals surface area (Å²) >= 11 is 0. The number of hydrogen-bond acceptors (Lipinski definition) is 3. The predicted octanol–water partition coefficient (Wildman–Crippen LogP) is 3.95. The van der Waals surface area contributed by atoms with Crippen molar-refractivity contribution in [3.63, 3.8) is 0 Å². The maximum Gasteiger partial charge on any atom is 0.133 e. The number of methoxy groups -OCH3 is 1. The van der Waals surface area contributed by atoms with Gasteiger partial charge in [0.2, 0.25) is 0 Å². The van der Waals surface area contributed by atoms with E-state index in [0.717, 1.165) is 44.5 Å². The van der Waals surface area contributed by atoms with Gasteiger partial charge in [0.25, 0.3) is 0 Å². The smallest absolute Gasteiger partial charge is 0.133 e. The summed E-state index contributed by atoms with van der Waals surface area (Å²) < 4.78 is 5.28. The van der Waals surface area contributed by atoms with Crippen LogP contribution < -0.4 is 4.74 Å². The summed E-state index contributed by atoms with van der Waals surface area (Å²) in [6, 6.07) is 9.10. The molecule has 3 heteroatoms. The average Bonchev–Trinajstić information content (AvgIpc) is 2.57. The largest absolute Gasteiger partial charge is 0.497 e. The molecule has 0 bridgehead atoms. The van der Waals surface area contributed by atoms with E-state index in [9.17, 15) is 4.79 Å². The molecule has 3 rings (SSSR count). The van der Waals surface area contributed by atoms with Gasteiger partial charge in [-0.1, -0.05) is 26.0 Å². The third-order valence-electron chi connectivity index (χ3n) is 5.81. The second-order valence-electron chi connectivity index (χ2n) is 8.00. The van der Waals surface area contributed by atoms with Crippen molar-refractivity contribution in [2.24, 2.45) is 17.8 Å². The molecule has 3 atom stereocenters. The van der Waals surface area contributed by atoms with Crippen molar-refractivity contribution in [3.8, 4) is 5.75 Å². The van der Waals surface area contributed by atoms with Gasteiger partial charge in [-0.2, -0.15) is 0 Å². The number of nitrogens with zero attached hydrogens (tertiary/aromatic N) is 1. The number of fused-ring (bicyclic) bond motifs is 1. The molecule has 3 nitrogen and oxygen atoms in total. The van der Waals surface area contributed by atoms with E-state index >= 15 is 0 Å². The van der Waals surface area contributed by atoms with Crippen molar-refractivity contribution < 1.29 is 9.53 Å². The molecule has 1 aliphatic carbocycles.